The molecule has 0 radical (unpaired) electrons. The minimum Gasteiger partial charge on any atom is -0.496 e. The number of para-hydroxylation sites is 1. The predicted octanol–water partition coefficient (Wildman–Crippen LogP) is 4.01. The van der Waals surface area contributed by atoms with Crippen LogP contribution in [-0.2, 0) is 13.1 Å². The number of nitrogens with zero attached hydrogens (tertiary/aromatic N) is 4. The molecule has 2 aromatic heterocycles. The summed E-state index contributed by atoms with van der Waals surface area (Å²) in [5, 5.41) is 14.4. The van der Waals surface area contributed by atoms with Crippen LogP contribution in [0, 0.1) is 0 Å². The van der Waals surface area contributed by atoms with Gasteiger partial charge >= 0.3 is 0 Å². The molecular formula is C21H27N5OS. The van der Waals surface area contributed by atoms with Gasteiger partial charge in [0.2, 0.25) is 10.3 Å². The van der Waals surface area contributed by atoms with Crippen LogP contribution < -0.4 is 15.0 Å². The van der Waals surface area contributed by atoms with E-state index in [0.29, 0.717) is 0 Å². The second-order valence-electron chi connectivity index (χ2n) is 7.05. The Hall–Kier alpha value is -2.38. The zero-order valence-corrected chi connectivity index (χ0v) is 17.1. The van der Waals surface area contributed by atoms with Crippen molar-refractivity contribution >= 4 is 16.5 Å². The van der Waals surface area contributed by atoms with Gasteiger partial charge in [0.15, 0.2) is 0 Å². The molecule has 1 N–H and O–H groups in total. The van der Waals surface area contributed by atoms with Gasteiger partial charge < -0.3 is 15.0 Å². The van der Waals surface area contributed by atoms with Gasteiger partial charge in [0.05, 0.1) is 7.11 Å². The van der Waals surface area contributed by atoms with Crippen LogP contribution in [0.25, 0.3) is 5.13 Å². The maximum Gasteiger partial charge on any atom is 0.218 e. The van der Waals surface area contributed by atoms with Crippen molar-refractivity contribution in [2.24, 2.45) is 0 Å². The number of anilines is 1. The Morgan fingerprint density at radius 3 is 2.57 bits per heavy atom. The normalized spacial score (nSPS) is 14.8. The second kappa shape index (κ2) is 9.21. The minimum atomic E-state index is 0.754. The minimum absolute atomic E-state index is 0.754. The molecular weight excluding hydrogens is 370 g/mol. The van der Waals surface area contributed by atoms with Gasteiger partial charge in [-0.15, -0.1) is 10.2 Å². The molecule has 1 aliphatic rings. The van der Waals surface area contributed by atoms with Crippen LogP contribution in [0.2, 0.25) is 0 Å². The van der Waals surface area contributed by atoms with Crippen molar-refractivity contribution in [3.63, 3.8) is 0 Å². The van der Waals surface area contributed by atoms with E-state index in [1.54, 1.807) is 18.4 Å². The summed E-state index contributed by atoms with van der Waals surface area (Å²) in [7, 11) is 1.71. The van der Waals surface area contributed by atoms with Gasteiger partial charge in [0.1, 0.15) is 5.75 Å². The maximum atomic E-state index is 5.43. The molecule has 0 amide bonds. The number of nitrogens with one attached hydrogen (secondary N) is 1. The molecule has 0 unspecified atom stereocenters. The molecule has 3 aromatic rings. The van der Waals surface area contributed by atoms with E-state index < -0.39 is 0 Å². The van der Waals surface area contributed by atoms with Crippen molar-refractivity contribution in [3.05, 3.63) is 53.9 Å². The fourth-order valence-electron chi connectivity index (χ4n) is 3.62. The van der Waals surface area contributed by atoms with Gasteiger partial charge in [0, 0.05) is 43.6 Å². The Bertz CT molecular complexity index is 882. The quantitative estimate of drug-likeness (QED) is 0.653. The SMILES string of the molecule is COc1ccccc1CNCc1cccn1-c1nnc(N2CCCCCC2)s1. The largest absolute Gasteiger partial charge is 0.496 e. The predicted molar refractivity (Wildman–Crippen MR) is 113 cm³/mol. The molecule has 4 rings (SSSR count). The van der Waals surface area contributed by atoms with Crippen LogP contribution in [0.4, 0.5) is 5.13 Å². The molecule has 0 aliphatic carbocycles. The summed E-state index contributed by atoms with van der Waals surface area (Å²) in [6.07, 6.45) is 7.20. The van der Waals surface area contributed by atoms with Gasteiger partial charge in [-0.1, -0.05) is 42.4 Å². The molecule has 1 aromatic carbocycles. The maximum absolute atomic E-state index is 5.43. The smallest absolute Gasteiger partial charge is 0.218 e. The van der Waals surface area contributed by atoms with Crippen molar-refractivity contribution in [2.45, 2.75) is 38.8 Å². The Morgan fingerprint density at radius 2 is 1.75 bits per heavy atom. The van der Waals surface area contributed by atoms with E-state index >= 15 is 0 Å². The van der Waals surface area contributed by atoms with E-state index in [1.807, 2.05) is 18.2 Å². The van der Waals surface area contributed by atoms with Crippen LogP contribution in [0.5, 0.6) is 5.75 Å². The average molecular weight is 398 g/mol. The molecule has 3 heterocycles. The van der Waals surface area contributed by atoms with Crippen molar-refractivity contribution in [1.29, 1.82) is 0 Å². The van der Waals surface area contributed by atoms with Crippen molar-refractivity contribution < 1.29 is 4.74 Å². The lowest BCUT2D eigenvalue weighted by Crippen LogP contribution is -2.23. The van der Waals surface area contributed by atoms with E-state index in [4.69, 9.17) is 4.74 Å². The van der Waals surface area contributed by atoms with E-state index in [1.165, 1.54) is 31.4 Å². The van der Waals surface area contributed by atoms with Crippen LogP contribution in [0.1, 0.15) is 36.9 Å². The summed E-state index contributed by atoms with van der Waals surface area (Å²) >= 11 is 1.68. The highest BCUT2D eigenvalue weighted by atomic mass is 32.1. The van der Waals surface area contributed by atoms with Crippen molar-refractivity contribution in [1.82, 2.24) is 20.1 Å². The summed E-state index contributed by atoms with van der Waals surface area (Å²) in [5.41, 5.74) is 2.33. The zero-order valence-electron chi connectivity index (χ0n) is 16.3. The lowest BCUT2D eigenvalue weighted by molar-refractivity contribution is 0.407. The summed E-state index contributed by atoms with van der Waals surface area (Å²) < 4.78 is 7.56. The fourth-order valence-corrected chi connectivity index (χ4v) is 4.53. The average Bonchev–Trinajstić information content (AvgIpc) is 3.31. The molecule has 1 aliphatic heterocycles. The van der Waals surface area contributed by atoms with E-state index in [0.717, 1.165) is 47.8 Å². The molecule has 1 saturated heterocycles. The van der Waals surface area contributed by atoms with Gasteiger partial charge in [-0.25, -0.2) is 0 Å². The van der Waals surface area contributed by atoms with Crippen molar-refractivity contribution in [2.75, 3.05) is 25.1 Å². The number of methoxy groups -OCH3 is 1. The Morgan fingerprint density at radius 1 is 0.964 bits per heavy atom. The molecule has 0 atom stereocenters. The van der Waals surface area contributed by atoms with Gasteiger partial charge in [-0.3, -0.25) is 4.57 Å². The second-order valence-corrected chi connectivity index (χ2v) is 7.99. The standard InChI is InChI=1S/C21H27N5OS/c1-27-19-11-5-4-9-17(19)15-22-16-18-10-8-14-26(18)21-24-23-20(28-21)25-12-6-2-3-7-13-25/h4-5,8-11,14,22H,2-3,6-7,12-13,15-16H2,1H3. The first-order valence-corrected chi connectivity index (χ1v) is 10.7. The Labute approximate surface area is 170 Å². The molecule has 148 valence electrons. The van der Waals surface area contributed by atoms with Crippen molar-refractivity contribution in [3.8, 4) is 10.9 Å². The lowest BCUT2D eigenvalue weighted by Gasteiger charge is -2.17. The molecule has 7 heteroatoms. The number of aromatic nitrogens is 3. The van der Waals surface area contributed by atoms with Gasteiger partial charge in [0.25, 0.3) is 0 Å². The number of rotatable bonds is 7. The molecule has 0 saturated carbocycles. The Balaban J connectivity index is 1.41. The van der Waals surface area contributed by atoms with Crippen LogP contribution in [0.15, 0.2) is 42.6 Å². The monoisotopic (exact) mass is 397 g/mol. The van der Waals surface area contributed by atoms with E-state index in [-0.39, 0.29) is 0 Å². The highest BCUT2D eigenvalue weighted by molar-refractivity contribution is 7.17. The molecule has 0 bridgehead atoms. The lowest BCUT2D eigenvalue weighted by atomic mass is 10.2. The molecule has 1 fully saturated rings. The molecule has 6 nitrogen and oxygen atoms in total. The molecule has 28 heavy (non-hydrogen) atoms. The summed E-state index contributed by atoms with van der Waals surface area (Å²) in [6.45, 7) is 3.69. The van der Waals surface area contributed by atoms with Gasteiger partial charge in [-0.2, -0.15) is 0 Å². The summed E-state index contributed by atoms with van der Waals surface area (Å²) in [6, 6.07) is 12.3. The first-order chi connectivity index (χ1) is 13.8. The zero-order chi connectivity index (χ0) is 19.2. The van der Waals surface area contributed by atoms with E-state index in [2.05, 4.69) is 49.4 Å². The summed E-state index contributed by atoms with van der Waals surface area (Å²) in [4.78, 5) is 2.39. The highest BCUT2D eigenvalue weighted by Gasteiger charge is 2.16. The third kappa shape index (κ3) is 4.36. The highest BCUT2D eigenvalue weighted by Crippen LogP contribution is 2.26. The first kappa shape index (κ1) is 19.0. The fraction of sp³-hybridized carbons (Fsp3) is 0.429. The summed E-state index contributed by atoms with van der Waals surface area (Å²) in [5.74, 6) is 0.914. The van der Waals surface area contributed by atoms with Crippen LogP contribution in [0.3, 0.4) is 0 Å². The topological polar surface area (TPSA) is 55.2 Å². The Kier molecular flexibility index (Phi) is 6.24. The third-order valence-electron chi connectivity index (χ3n) is 5.13. The first-order valence-electron chi connectivity index (χ1n) is 9.93. The van der Waals surface area contributed by atoms with Crippen LogP contribution in [-0.4, -0.2) is 35.0 Å². The van der Waals surface area contributed by atoms with Crippen LogP contribution >= 0.6 is 11.3 Å². The number of hydrogen-bond acceptors (Lipinski definition) is 6. The van der Waals surface area contributed by atoms with E-state index in [9.17, 15) is 0 Å². The molecule has 0 spiro atoms. The number of ether oxygens (including phenoxy) is 1. The third-order valence-corrected chi connectivity index (χ3v) is 6.12. The number of hydrogen-bond donors (Lipinski definition) is 1. The van der Waals surface area contributed by atoms with Gasteiger partial charge in [-0.05, 0) is 31.0 Å². The number of benzene rings is 1.